The first-order valence-electron chi connectivity index (χ1n) is 12.4. The lowest BCUT2D eigenvalue weighted by Gasteiger charge is -2.28. The summed E-state index contributed by atoms with van der Waals surface area (Å²) in [6.45, 7) is 16.3. The summed E-state index contributed by atoms with van der Waals surface area (Å²) < 4.78 is 0. The Morgan fingerprint density at radius 1 is 0.944 bits per heavy atom. The molecule has 0 saturated carbocycles. The van der Waals surface area contributed by atoms with Crippen LogP contribution in [0.25, 0.3) is 11.1 Å². The van der Waals surface area contributed by atoms with Gasteiger partial charge in [-0.1, -0.05) is 79.7 Å². The molecule has 3 rings (SSSR count). The molecule has 0 heterocycles. The zero-order valence-electron chi connectivity index (χ0n) is 22.6. The molecule has 190 valence electrons. The van der Waals surface area contributed by atoms with E-state index >= 15 is 0 Å². The quantitative estimate of drug-likeness (QED) is 0.213. The van der Waals surface area contributed by atoms with Gasteiger partial charge in [-0.25, -0.2) is 0 Å². The molecular weight excluding hydrogens is 450 g/mol. The topological polar surface area (TPSA) is 88.1 Å². The number of aromatic hydroxyl groups is 1. The number of benzene rings is 3. The van der Waals surface area contributed by atoms with Crippen LogP contribution in [0.5, 0.6) is 5.75 Å². The molecule has 6 nitrogen and oxygen atoms in total. The number of nitrogens with zero attached hydrogens (tertiary/aromatic N) is 3. The van der Waals surface area contributed by atoms with Crippen molar-refractivity contribution in [1.29, 1.82) is 0 Å². The highest BCUT2D eigenvalue weighted by Crippen LogP contribution is 2.50. The van der Waals surface area contributed by atoms with Gasteiger partial charge in [-0.2, -0.15) is 5.11 Å². The van der Waals surface area contributed by atoms with E-state index in [0.29, 0.717) is 28.1 Å². The van der Waals surface area contributed by atoms with Gasteiger partial charge in [0.25, 0.3) is 5.69 Å². The van der Waals surface area contributed by atoms with Crippen LogP contribution < -0.4 is 0 Å². The van der Waals surface area contributed by atoms with Crippen LogP contribution in [0.4, 0.5) is 17.1 Å². The Morgan fingerprint density at radius 3 is 2.11 bits per heavy atom. The zero-order valence-corrected chi connectivity index (χ0v) is 22.6. The van der Waals surface area contributed by atoms with Gasteiger partial charge < -0.3 is 5.11 Å². The highest BCUT2D eigenvalue weighted by molar-refractivity contribution is 5.90. The fourth-order valence-corrected chi connectivity index (χ4v) is 4.20. The number of hydrogen-bond donors (Lipinski definition) is 1. The van der Waals surface area contributed by atoms with Crippen molar-refractivity contribution in [2.24, 2.45) is 10.2 Å². The van der Waals surface area contributed by atoms with E-state index in [4.69, 9.17) is 0 Å². The lowest BCUT2D eigenvalue weighted by Crippen LogP contribution is -2.17. The van der Waals surface area contributed by atoms with Crippen molar-refractivity contribution < 1.29 is 10.0 Å². The van der Waals surface area contributed by atoms with Gasteiger partial charge in [0.1, 0.15) is 11.4 Å². The summed E-state index contributed by atoms with van der Waals surface area (Å²) in [6.07, 6.45) is 0.742. The predicted octanol–water partition coefficient (Wildman–Crippen LogP) is 9.49. The Balaban J connectivity index is 2.48. The van der Waals surface area contributed by atoms with Gasteiger partial charge in [0, 0.05) is 16.7 Å². The molecular formula is C30H37N3O3. The number of phenols is 1. The molecule has 0 amide bonds. The fraction of sp³-hybridized carbons (Fsp3) is 0.400. The maximum Gasteiger partial charge on any atom is 0.283 e. The molecule has 36 heavy (non-hydrogen) atoms. The molecule has 1 N–H and O–H groups in total. The third kappa shape index (κ3) is 5.64. The largest absolute Gasteiger partial charge is 0.507 e. The van der Waals surface area contributed by atoms with E-state index in [9.17, 15) is 15.2 Å². The SMILES string of the molecule is CCC(C)c1ccc(N=Nc2ccccc2)c(-c2cc(C(C)(C)C)cc(C(C)(C)C)c2O)c1[N+](=O)[O-]. The van der Waals surface area contributed by atoms with Crippen LogP contribution in [-0.2, 0) is 10.8 Å². The molecule has 0 saturated heterocycles. The minimum Gasteiger partial charge on any atom is -0.507 e. The second-order valence-electron chi connectivity index (χ2n) is 11.4. The maximum atomic E-state index is 12.6. The molecule has 6 heteroatoms. The molecule has 0 spiro atoms. The summed E-state index contributed by atoms with van der Waals surface area (Å²) >= 11 is 0. The van der Waals surface area contributed by atoms with E-state index in [1.54, 1.807) is 12.1 Å². The molecule has 0 bridgehead atoms. The van der Waals surface area contributed by atoms with Gasteiger partial charge in [0.05, 0.1) is 16.2 Å². The Labute approximate surface area is 214 Å². The van der Waals surface area contributed by atoms with Crippen molar-refractivity contribution in [3.63, 3.8) is 0 Å². The monoisotopic (exact) mass is 487 g/mol. The van der Waals surface area contributed by atoms with Crippen molar-refractivity contribution in [2.45, 2.75) is 78.6 Å². The molecule has 0 aliphatic heterocycles. The number of nitro benzene ring substituents is 1. The van der Waals surface area contributed by atoms with Crippen LogP contribution in [0, 0.1) is 10.1 Å². The zero-order chi connectivity index (χ0) is 26.8. The summed E-state index contributed by atoms with van der Waals surface area (Å²) in [6, 6.07) is 16.7. The normalized spacial score (nSPS) is 13.2. The standard InChI is InChI=1S/C30H37N3O3/c1-9-19(2)22-15-16-25(32-31-21-13-11-10-12-14-21)26(27(22)33(35)36)23-17-20(29(3,4)5)18-24(28(23)34)30(6,7)8/h10-19,34H,9H2,1-8H3. The van der Waals surface area contributed by atoms with E-state index in [-0.39, 0.29) is 33.1 Å². The van der Waals surface area contributed by atoms with Crippen LogP contribution in [0.1, 0.15) is 84.4 Å². The molecule has 0 aliphatic rings. The maximum absolute atomic E-state index is 12.6. The van der Waals surface area contributed by atoms with Gasteiger partial charge >= 0.3 is 0 Å². The molecule has 0 aromatic heterocycles. The van der Waals surface area contributed by atoms with Crippen LogP contribution in [0.15, 0.2) is 64.8 Å². The minimum absolute atomic E-state index is 0.0323. The van der Waals surface area contributed by atoms with Gasteiger partial charge in [0.15, 0.2) is 0 Å². The van der Waals surface area contributed by atoms with Crippen molar-refractivity contribution in [3.05, 3.63) is 81.4 Å². The smallest absolute Gasteiger partial charge is 0.283 e. The fourth-order valence-electron chi connectivity index (χ4n) is 4.20. The molecule has 0 radical (unpaired) electrons. The summed E-state index contributed by atoms with van der Waals surface area (Å²) in [5.41, 5.74) is 3.38. The van der Waals surface area contributed by atoms with E-state index in [1.807, 2.05) is 77.1 Å². The van der Waals surface area contributed by atoms with Crippen molar-refractivity contribution in [1.82, 2.24) is 0 Å². The number of phenolic OH excluding ortho intramolecular Hbond substituents is 1. The Morgan fingerprint density at radius 2 is 1.58 bits per heavy atom. The van der Waals surface area contributed by atoms with E-state index in [1.165, 1.54) is 0 Å². The predicted molar refractivity (Wildman–Crippen MR) is 147 cm³/mol. The number of azo groups is 1. The van der Waals surface area contributed by atoms with E-state index in [0.717, 1.165) is 17.5 Å². The van der Waals surface area contributed by atoms with E-state index < -0.39 is 0 Å². The third-order valence-electron chi connectivity index (χ3n) is 6.60. The van der Waals surface area contributed by atoms with Crippen LogP contribution >= 0.6 is 0 Å². The molecule has 0 aliphatic carbocycles. The third-order valence-corrected chi connectivity index (χ3v) is 6.60. The summed E-state index contributed by atoms with van der Waals surface area (Å²) in [4.78, 5) is 12.2. The first-order chi connectivity index (χ1) is 16.8. The minimum atomic E-state index is -0.380. The lowest BCUT2D eigenvalue weighted by molar-refractivity contribution is -0.385. The van der Waals surface area contributed by atoms with Crippen molar-refractivity contribution in [2.75, 3.05) is 0 Å². The summed E-state index contributed by atoms with van der Waals surface area (Å²) in [5.74, 6) is -0.00430. The van der Waals surface area contributed by atoms with Gasteiger partial charge in [-0.3, -0.25) is 10.1 Å². The highest BCUT2D eigenvalue weighted by atomic mass is 16.6. The second kappa shape index (κ2) is 10.2. The van der Waals surface area contributed by atoms with Crippen molar-refractivity contribution >= 4 is 17.1 Å². The molecule has 1 atom stereocenters. The highest BCUT2D eigenvalue weighted by Gasteiger charge is 2.32. The Bertz CT molecular complexity index is 1280. The Hall–Kier alpha value is -3.54. The number of hydrogen-bond acceptors (Lipinski definition) is 5. The van der Waals surface area contributed by atoms with Crippen molar-refractivity contribution in [3.8, 4) is 16.9 Å². The molecule has 3 aromatic rings. The average Bonchev–Trinajstić information content (AvgIpc) is 2.81. The molecule has 3 aromatic carbocycles. The molecule has 0 fully saturated rings. The summed E-state index contributed by atoms with van der Waals surface area (Å²) in [5, 5.41) is 33.0. The number of nitro groups is 1. The van der Waals surface area contributed by atoms with Gasteiger partial charge in [-0.15, -0.1) is 5.11 Å². The number of rotatable bonds is 6. The molecule has 1 unspecified atom stereocenters. The van der Waals surface area contributed by atoms with Gasteiger partial charge in [-0.05, 0) is 59.1 Å². The lowest BCUT2D eigenvalue weighted by atomic mass is 9.77. The summed E-state index contributed by atoms with van der Waals surface area (Å²) in [7, 11) is 0. The van der Waals surface area contributed by atoms with Crippen LogP contribution in [0.2, 0.25) is 0 Å². The van der Waals surface area contributed by atoms with Gasteiger partial charge in [0.2, 0.25) is 0 Å². The second-order valence-corrected chi connectivity index (χ2v) is 11.4. The average molecular weight is 488 g/mol. The Kier molecular flexibility index (Phi) is 7.68. The first-order valence-corrected chi connectivity index (χ1v) is 12.4. The van der Waals surface area contributed by atoms with Crippen LogP contribution in [0.3, 0.4) is 0 Å². The first kappa shape index (κ1) is 27.1. The van der Waals surface area contributed by atoms with E-state index in [2.05, 4.69) is 31.0 Å². The van der Waals surface area contributed by atoms with Crippen LogP contribution in [-0.4, -0.2) is 10.0 Å².